The maximum Gasteiger partial charge on any atom is 0.362 e. The summed E-state index contributed by atoms with van der Waals surface area (Å²) in [5.74, 6) is -0.0287. The van der Waals surface area contributed by atoms with E-state index in [9.17, 15) is 4.79 Å². The van der Waals surface area contributed by atoms with E-state index in [1.165, 1.54) is 0 Å². The Kier molecular flexibility index (Phi) is 5.02. The summed E-state index contributed by atoms with van der Waals surface area (Å²) in [5.41, 5.74) is 3.01. The van der Waals surface area contributed by atoms with E-state index in [0.717, 1.165) is 30.8 Å². The third-order valence-electron chi connectivity index (χ3n) is 2.72. The van der Waals surface area contributed by atoms with E-state index in [-0.39, 0.29) is 5.69 Å². The second-order valence-electron chi connectivity index (χ2n) is 4.11. The molecule has 1 aliphatic carbocycles. The zero-order valence-electron chi connectivity index (χ0n) is 10.7. The van der Waals surface area contributed by atoms with Gasteiger partial charge in [0.15, 0.2) is 5.00 Å². The first-order valence-electron chi connectivity index (χ1n) is 6.25. The van der Waals surface area contributed by atoms with Crippen LogP contribution in [-0.4, -0.2) is 28.4 Å². The van der Waals surface area contributed by atoms with Crippen LogP contribution in [0, 0.1) is 5.92 Å². The molecule has 102 valence electrons. The van der Waals surface area contributed by atoms with E-state index >= 15 is 0 Å². The number of allylic oxidation sites excluding steroid dienone is 2. The maximum atomic E-state index is 11.6. The van der Waals surface area contributed by atoms with Crippen molar-refractivity contribution in [2.75, 3.05) is 12.0 Å². The van der Waals surface area contributed by atoms with Crippen molar-refractivity contribution in [3.05, 3.63) is 17.8 Å². The van der Waals surface area contributed by atoms with Gasteiger partial charge in [0.2, 0.25) is 5.69 Å². The van der Waals surface area contributed by atoms with E-state index in [2.05, 4.69) is 32.3 Å². The Morgan fingerprint density at radius 2 is 2.58 bits per heavy atom. The van der Waals surface area contributed by atoms with Crippen molar-refractivity contribution in [2.45, 2.75) is 26.2 Å². The van der Waals surface area contributed by atoms with Crippen LogP contribution in [0.3, 0.4) is 0 Å². The van der Waals surface area contributed by atoms with Crippen molar-refractivity contribution in [3.63, 3.8) is 0 Å². The van der Waals surface area contributed by atoms with Crippen molar-refractivity contribution in [2.24, 2.45) is 11.0 Å². The summed E-state index contributed by atoms with van der Waals surface area (Å²) in [4.78, 5) is 11.6. The maximum absolute atomic E-state index is 11.6. The van der Waals surface area contributed by atoms with Gasteiger partial charge >= 0.3 is 5.97 Å². The van der Waals surface area contributed by atoms with Crippen LogP contribution < -0.4 is 5.43 Å². The molecular formula is C12H16N4O2S. The molecule has 7 heteroatoms. The standard InChI is InChI=1S/C12H16N4O2S/c1-2-18-12(17)10-11(19-16-14-10)15-13-8-9-6-4-3-5-7-9/h3-4,8-9,15H,2,5-7H2,1H3/b13-8+. The Balaban J connectivity index is 1.92. The molecule has 1 unspecified atom stereocenters. The van der Waals surface area contributed by atoms with Gasteiger partial charge in [-0.2, -0.15) is 5.10 Å². The molecule has 0 saturated carbocycles. The summed E-state index contributed by atoms with van der Waals surface area (Å²) < 4.78 is 8.62. The largest absolute Gasteiger partial charge is 0.461 e. The normalized spacial score (nSPS) is 18.7. The molecule has 0 fully saturated rings. The third kappa shape index (κ3) is 3.85. The number of aromatic nitrogens is 2. The highest BCUT2D eigenvalue weighted by Gasteiger charge is 2.17. The van der Waals surface area contributed by atoms with Crippen LogP contribution in [0.25, 0.3) is 0 Å². The number of hydrazone groups is 1. The number of nitrogens with zero attached hydrogens (tertiary/aromatic N) is 3. The minimum atomic E-state index is -0.477. The van der Waals surface area contributed by atoms with E-state index in [1.807, 2.05) is 6.21 Å². The van der Waals surface area contributed by atoms with Crippen molar-refractivity contribution in [1.82, 2.24) is 9.59 Å². The van der Waals surface area contributed by atoms with Crippen molar-refractivity contribution in [1.29, 1.82) is 0 Å². The van der Waals surface area contributed by atoms with Crippen molar-refractivity contribution >= 4 is 28.7 Å². The fraction of sp³-hybridized carbons (Fsp3) is 0.500. The number of esters is 1. The van der Waals surface area contributed by atoms with E-state index in [1.54, 1.807) is 6.92 Å². The van der Waals surface area contributed by atoms with Gasteiger partial charge in [0.05, 0.1) is 6.61 Å². The van der Waals surface area contributed by atoms with Crippen LogP contribution in [0.5, 0.6) is 0 Å². The minimum Gasteiger partial charge on any atom is -0.461 e. The summed E-state index contributed by atoms with van der Waals surface area (Å²) in [6.07, 6.45) is 9.43. The number of carbonyl (C=O) groups excluding carboxylic acids is 1. The molecule has 1 aromatic heterocycles. The number of rotatable bonds is 5. The number of nitrogens with one attached hydrogen (secondary N) is 1. The Morgan fingerprint density at radius 1 is 1.68 bits per heavy atom. The average molecular weight is 280 g/mol. The molecule has 0 spiro atoms. The van der Waals surface area contributed by atoms with Crippen LogP contribution in [-0.2, 0) is 4.74 Å². The number of ether oxygens (including phenoxy) is 1. The predicted octanol–water partition coefficient (Wildman–Crippen LogP) is 2.47. The number of anilines is 1. The summed E-state index contributed by atoms with van der Waals surface area (Å²) in [7, 11) is 0. The lowest BCUT2D eigenvalue weighted by Crippen LogP contribution is -2.08. The fourth-order valence-corrected chi connectivity index (χ4v) is 2.26. The van der Waals surface area contributed by atoms with E-state index < -0.39 is 5.97 Å². The van der Waals surface area contributed by atoms with Crippen LogP contribution in [0.4, 0.5) is 5.00 Å². The molecule has 1 aromatic rings. The number of hydrogen-bond acceptors (Lipinski definition) is 7. The van der Waals surface area contributed by atoms with E-state index in [0.29, 0.717) is 17.5 Å². The lowest BCUT2D eigenvalue weighted by atomic mass is 9.96. The monoisotopic (exact) mass is 280 g/mol. The lowest BCUT2D eigenvalue weighted by molar-refractivity contribution is 0.0520. The molecule has 0 bridgehead atoms. The molecule has 0 radical (unpaired) electrons. The highest BCUT2D eigenvalue weighted by Crippen LogP contribution is 2.19. The molecule has 0 saturated heterocycles. The summed E-state index contributed by atoms with van der Waals surface area (Å²) in [6, 6.07) is 0. The first-order valence-corrected chi connectivity index (χ1v) is 7.02. The van der Waals surface area contributed by atoms with Crippen molar-refractivity contribution in [3.8, 4) is 0 Å². The number of hydrogen-bond donors (Lipinski definition) is 1. The highest BCUT2D eigenvalue weighted by molar-refractivity contribution is 7.10. The molecule has 1 atom stereocenters. The summed E-state index contributed by atoms with van der Waals surface area (Å²) >= 11 is 1.09. The Bertz CT molecular complexity index is 484. The zero-order chi connectivity index (χ0) is 13.5. The Hall–Kier alpha value is -1.76. The van der Waals surface area contributed by atoms with Gasteiger partial charge in [-0.25, -0.2) is 4.79 Å². The number of carbonyl (C=O) groups is 1. The molecular weight excluding hydrogens is 264 g/mol. The summed E-state index contributed by atoms with van der Waals surface area (Å²) in [6.45, 7) is 2.06. The molecule has 0 aromatic carbocycles. The van der Waals surface area contributed by atoms with Gasteiger partial charge in [-0.05, 0) is 32.1 Å². The average Bonchev–Trinajstić information content (AvgIpc) is 2.89. The van der Waals surface area contributed by atoms with Crippen LogP contribution in [0.1, 0.15) is 36.7 Å². The smallest absolute Gasteiger partial charge is 0.362 e. The molecule has 1 heterocycles. The topological polar surface area (TPSA) is 76.5 Å². The van der Waals surface area contributed by atoms with Crippen LogP contribution in [0.2, 0.25) is 0 Å². The second kappa shape index (κ2) is 6.98. The second-order valence-corrected chi connectivity index (χ2v) is 4.86. The van der Waals surface area contributed by atoms with Gasteiger partial charge in [-0.15, -0.1) is 5.10 Å². The molecule has 1 aliphatic rings. The highest BCUT2D eigenvalue weighted by atomic mass is 32.1. The van der Waals surface area contributed by atoms with Gasteiger partial charge in [0.1, 0.15) is 0 Å². The van der Waals surface area contributed by atoms with Gasteiger partial charge in [-0.3, -0.25) is 5.43 Å². The van der Waals surface area contributed by atoms with Gasteiger partial charge in [-0.1, -0.05) is 16.6 Å². The summed E-state index contributed by atoms with van der Waals surface area (Å²) in [5, 5.41) is 8.42. The first kappa shape index (κ1) is 13.7. The quantitative estimate of drug-likeness (QED) is 0.388. The minimum absolute atomic E-state index is 0.188. The van der Waals surface area contributed by atoms with Crippen LogP contribution in [0.15, 0.2) is 17.3 Å². The molecule has 6 nitrogen and oxygen atoms in total. The van der Waals surface area contributed by atoms with Crippen molar-refractivity contribution < 1.29 is 9.53 Å². The first-order chi connectivity index (χ1) is 9.31. The zero-order valence-corrected chi connectivity index (χ0v) is 11.5. The molecule has 0 amide bonds. The van der Waals surface area contributed by atoms with Gasteiger partial charge < -0.3 is 4.74 Å². The fourth-order valence-electron chi connectivity index (χ4n) is 1.75. The van der Waals surface area contributed by atoms with Crippen LogP contribution >= 0.6 is 11.5 Å². The molecule has 19 heavy (non-hydrogen) atoms. The molecule has 0 aliphatic heterocycles. The van der Waals surface area contributed by atoms with Gasteiger partial charge in [0, 0.05) is 17.7 Å². The molecule has 2 rings (SSSR count). The predicted molar refractivity (Wildman–Crippen MR) is 74.5 cm³/mol. The third-order valence-corrected chi connectivity index (χ3v) is 3.35. The van der Waals surface area contributed by atoms with E-state index in [4.69, 9.17) is 4.74 Å². The Morgan fingerprint density at radius 3 is 3.32 bits per heavy atom. The lowest BCUT2D eigenvalue weighted by Gasteiger charge is -2.11. The Labute approximate surface area is 115 Å². The van der Waals surface area contributed by atoms with Gasteiger partial charge in [0.25, 0.3) is 0 Å². The molecule has 1 N–H and O–H groups in total. The SMILES string of the molecule is CCOC(=O)c1nnsc1N/N=C/C1CC=CCC1.